The van der Waals surface area contributed by atoms with Crippen molar-refractivity contribution >= 4 is 5.69 Å². The van der Waals surface area contributed by atoms with Gasteiger partial charge in [0.25, 0.3) is 0 Å². The number of aromatic nitrogens is 4. The van der Waals surface area contributed by atoms with Crippen LogP contribution >= 0.6 is 0 Å². The molecule has 100 valence electrons. The monoisotopic (exact) mass is 267 g/mol. The van der Waals surface area contributed by atoms with Gasteiger partial charge in [0, 0.05) is 5.69 Å². The molecule has 6 heteroatoms. The molecule has 0 spiro atoms. The normalized spacial score (nSPS) is 10.4. The number of hydrogen-bond donors (Lipinski definition) is 2. The van der Waals surface area contributed by atoms with E-state index >= 15 is 0 Å². The third-order valence-electron chi connectivity index (χ3n) is 2.83. The Morgan fingerprint density at radius 2 is 1.95 bits per heavy atom. The van der Waals surface area contributed by atoms with Crippen LogP contribution in [0, 0.1) is 0 Å². The molecule has 3 aromatic rings. The molecule has 0 bridgehead atoms. The lowest BCUT2D eigenvalue weighted by Crippen LogP contribution is -2.01. The maximum atomic E-state index is 9.17. The van der Waals surface area contributed by atoms with Gasteiger partial charge in [-0.25, -0.2) is 9.67 Å². The minimum absolute atomic E-state index is 0.172. The van der Waals surface area contributed by atoms with Gasteiger partial charge in [-0.15, -0.1) is 0 Å². The minimum atomic E-state index is 0.172. The maximum absolute atomic E-state index is 9.17. The van der Waals surface area contributed by atoms with Crippen molar-refractivity contribution in [3.63, 3.8) is 0 Å². The number of benzene rings is 1. The van der Waals surface area contributed by atoms with Crippen molar-refractivity contribution in [3.05, 3.63) is 60.9 Å². The molecular weight excluding hydrogens is 254 g/mol. The second-order valence-corrected chi connectivity index (χ2v) is 4.25. The van der Waals surface area contributed by atoms with E-state index in [1.54, 1.807) is 23.1 Å². The Morgan fingerprint density at radius 3 is 2.60 bits per heavy atom. The largest absolute Gasteiger partial charge is 0.506 e. The van der Waals surface area contributed by atoms with Gasteiger partial charge in [-0.2, -0.15) is 5.10 Å². The third kappa shape index (κ3) is 2.74. The van der Waals surface area contributed by atoms with Crippen LogP contribution < -0.4 is 5.32 Å². The summed E-state index contributed by atoms with van der Waals surface area (Å²) in [7, 11) is 0. The molecule has 0 aliphatic carbocycles. The fourth-order valence-corrected chi connectivity index (χ4v) is 1.79. The molecule has 0 unspecified atom stereocenters. The molecule has 6 nitrogen and oxygen atoms in total. The molecule has 0 atom stereocenters. The van der Waals surface area contributed by atoms with Gasteiger partial charge in [-0.3, -0.25) is 4.98 Å². The van der Waals surface area contributed by atoms with Crippen LogP contribution in [0.15, 0.2) is 55.2 Å². The molecule has 0 saturated carbocycles. The summed E-state index contributed by atoms with van der Waals surface area (Å²) in [6.45, 7) is 0.600. The van der Waals surface area contributed by atoms with Crippen LogP contribution in [0.2, 0.25) is 0 Å². The van der Waals surface area contributed by atoms with E-state index in [4.69, 9.17) is 5.11 Å². The number of nitrogens with one attached hydrogen (secondary N) is 1. The number of aromatic hydroxyl groups is 1. The van der Waals surface area contributed by atoms with E-state index in [2.05, 4.69) is 20.4 Å². The van der Waals surface area contributed by atoms with Crippen molar-refractivity contribution in [2.24, 2.45) is 0 Å². The molecule has 20 heavy (non-hydrogen) atoms. The fraction of sp³-hybridized carbons (Fsp3) is 0.0714. The minimum Gasteiger partial charge on any atom is -0.506 e. The highest BCUT2D eigenvalue weighted by atomic mass is 16.3. The molecule has 2 heterocycles. The summed E-state index contributed by atoms with van der Waals surface area (Å²) in [5, 5.41) is 16.5. The first-order valence-corrected chi connectivity index (χ1v) is 6.14. The number of rotatable bonds is 4. The van der Waals surface area contributed by atoms with Crippen LogP contribution in [0.1, 0.15) is 5.69 Å². The Bertz CT molecular complexity index is 662. The number of anilines is 1. The highest BCUT2D eigenvalue weighted by Gasteiger charge is 1.99. The number of hydrogen-bond acceptors (Lipinski definition) is 5. The smallest absolute Gasteiger partial charge is 0.138 e. The van der Waals surface area contributed by atoms with Crippen molar-refractivity contribution in [2.45, 2.75) is 6.54 Å². The Labute approximate surface area is 115 Å². The molecule has 0 amide bonds. The van der Waals surface area contributed by atoms with Crippen molar-refractivity contribution in [1.29, 1.82) is 0 Å². The molecule has 3 rings (SSSR count). The van der Waals surface area contributed by atoms with Crippen molar-refractivity contribution < 1.29 is 5.11 Å². The summed E-state index contributed by atoms with van der Waals surface area (Å²) in [4.78, 5) is 8.03. The zero-order valence-electron chi connectivity index (χ0n) is 10.6. The van der Waals surface area contributed by atoms with Gasteiger partial charge in [0.2, 0.25) is 0 Å². The van der Waals surface area contributed by atoms with E-state index in [9.17, 15) is 0 Å². The van der Waals surface area contributed by atoms with E-state index in [-0.39, 0.29) is 5.75 Å². The average Bonchev–Trinajstić information content (AvgIpc) is 3.01. The Morgan fingerprint density at radius 1 is 1.10 bits per heavy atom. The molecule has 0 fully saturated rings. The molecule has 0 aliphatic heterocycles. The van der Waals surface area contributed by atoms with E-state index < -0.39 is 0 Å². The summed E-state index contributed by atoms with van der Waals surface area (Å²) in [5.74, 6) is 0.172. The van der Waals surface area contributed by atoms with Gasteiger partial charge in [0.1, 0.15) is 18.4 Å². The van der Waals surface area contributed by atoms with E-state index in [1.165, 1.54) is 12.5 Å². The lowest BCUT2D eigenvalue weighted by Gasteiger charge is -2.07. The molecule has 0 saturated heterocycles. The van der Waals surface area contributed by atoms with Gasteiger partial charge in [-0.1, -0.05) is 0 Å². The third-order valence-corrected chi connectivity index (χ3v) is 2.83. The Kier molecular flexibility index (Phi) is 3.28. The summed E-state index contributed by atoms with van der Waals surface area (Å²) >= 11 is 0. The molecular formula is C14H13N5O. The average molecular weight is 267 g/mol. The highest BCUT2D eigenvalue weighted by molar-refractivity contribution is 5.48. The van der Waals surface area contributed by atoms with E-state index in [0.717, 1.165) is 17.1 Å². The standard InChI is InChI=1S/C14H13N5O/c20-14-6-3-12(17-8-14)7-16-11-1-4-13(5-2-11)19-10-15-9-18-19/h1-6,8-10,16,20H,7H2. The summed E-state index contributed by atoms with van der Waals surface area (Å²) in [5.41, 5.74) is 2.81. The SMILES string of the molecule is Oc1ccc(CNc2ccc(-n3cncn3)cc2)nc1. The molecule has 1 aromatic carbocycles. The van der Waals surface area contributed by atoms with Gasteiger partial charge < -0.3 is 10.4 Å². The number of pyridine rings is 1. The lowest BCUT2D eigenvalue weighted by atomic mass is 10.2. The zero-order valence-corrected chi connectivity index (χ0v) is 10.6. The van der Waals surface area contributed by atoms with Crippen molar-refractivity contribution in [1.82, 2.24) is 19.7 Å². The van der Waals surface area contributed by atoms with Gasteiger partial charge in [0.15, 0.2) is 0 Å². The summed E-state index contributed by atoms with van der Waals surface area (Å²) in [6.07, 6.45) is 4.59. The van der Waals surface area contributed by atoms with Crippen LogP contribution in [0.3, 0.4) is 0 Å². The second-order valence-electron chi connectivity index (χ2n) is 4.25. The highest BCUT2D eigenvalue weighted by Crippen LogP contribution is 2.13. The first-order valence-electron chi connectivity index (χ1n) is 6.14. The predicted molar refractivity (Wildman–Crippen MR) is 74.6 cm³/mol. The predicted octanol–water partition coefficient (Wildman–Crippen LogP) is 1.98. The first-order chi connectivity index (χ1) is 9.81. The van der Waals surface area contributed by atoms with Crippen LogP contribution in [-0.2, 0) is 6.54 Å². The maximum Gasteiger partial charge on any atom is 0.138 e. The first kappa shape index (κ1) is 12.2. The summed E-state index contributed by atoms with van der Waals surface area (Å²) in [6, 6.07) is 11.3. The van der Waals surface area contributed by atoms with Crippen LogP contribution in [0.4, 0.5) is 5.69 Å². The summed E-state index contributed by atoms with van der Waals surface area (Å²) < 4.78 is 1.70. The van der Waals surface area contributed by atoms with Crippen molar-refractivity contribution in [2.75, 3.05) is 5.32 Å². The van der Waals surface area contributed by atoms with Gasteiger partial charge >= 0.3 is 0 Å². The van der Waals surface area contributed by atoms with Gasteiger partial charge in [0.05, 0.1) is 24.1 Å². The number of nitrogens with zero attached hydrogens (tertiary/aromatic N) is 4. The van der Waals surface area contributed by atoms with E-state index in [0.29, 0.717) is 6.54 Å². The van der Waals surface area contributed by atoms with Crippen molar-refractivity contribution in [3.8, 4) is 11.4 Å². The Balaban J connectivity index is 1.65. The fourth-order valence-electron chi connectivity index (χ4n) is 1.79. The lowest BCUT2D eigenvalue weighted by molar-refractivity contribution is 0.472. The van der Waals surface area contributed by atoms with Crippen LogP contribution in [-0.4, -0.2) is 24.9 Å². The van der Waals surface area contributed by atoms with Crippen LogP contribution in [0.5, 0.6) is 5.75 Å². The molecule has 2 aromatic heterocycles. The Hall–Kier alpha value is -2.89. The zero-order chi connectivity index (χ0) is 13.8. The topological polar surface area (TPSA) is 75.9 Å². The second kappa shape index (κ2) is 5.40. The molecule has 2 N–H and O–H groups in total. The molecule has 0 radical (unpaired) electrons. The van der Waals surface area contributed by atoms with Gasteiger partial charge in [-0.05, 0) is 36.4 Å². The van der Waals surface area contributed by atoms with E-state index in [1.807, 2.05) is 24.3 Å². The molecule has 0 aliphatic rings. The van der Waals surface area contributed by atoms with Crippen LogP contribution in [0.25, 0.3) is 5.69 Å². The quantitative estimate of drug-likeness (QED) is 0.756.